The molecule has 1 aromatic carbocycles. The van der Waals surface area contributed by atoms with Crippen LogP contribution in [0.4, 0.5) is 0 Å². The molecule has 0 radical (unpaired) electrons. The highest BCUT2D eigenvalue weighted by molar-refractivity contribution is 5.28. The van der Waals surface area contributed by atoms with E-state index in [0.717, 1.165) is 25.1 Å². The van der Waals surface area contributed by atoms with Gasteiger partial charge in [0.2, 0.25) is 0 Å². The molecule has 1 atom stereocenters. The summed E-state index contributed by atoms with van der Waals surface area (Å²) in [5.74, 6) is 0.900. The zero-order valence-electron chi connectivity index (χ0n) is 11.7. The Morgan fingerprint density at radius 3 is 2.78 bits per heavy atom. The molecule has 3 nitrogen and oxygen atoms in total. The van der Waals surface area contributed by atoms with Crippen molar-refractivity contribution in [1.29, 1.82) is 0 Å². The maximum Gasteiger partial charge on any atom is 0.119 e. The Morgan fingerprint density at radius 1 is 1.33 bits per heavy atom. The standard InChI is InChI=1S/C15H25NO2/c1-4-9-15(3,17)12-16-11-13-7-6-8-14(10-13)18-5-2/h6-8,10,16-17H,4-5,9,11-12H2,1-3H3. The largest absolute Gasteiger partial charge is 0.494 e. The molecular formula is C15H25NO2. The van der Waals surface area contributed by atoms with Gasteiger partial charge in [-0.25, -0.2) is 0 Å². The van der Waals surface area contributed by atoms with Crippen LogP contribution in [0, 0.1) is 0 Å². The number of rotatable bonds is 8. The van der Waals surface area contributed by atoms with Crippen molar-refractivity contribution in [2.24, 2.45) is 0 Å². The van der Waals surface area contributed by atoms with Gasteiger partial charge in [0.15, 0.2) is 0 Å². The van der Waals surface area contributed by atoms with E-state index >= 15 is 0 Å². The van der Waals surface area contributed by atoms with Gasteiger partial charge in [0.1, 0.15) is 5.75 Å². The molecule has 0 fully saturated rings. The lowest BCUT2D eigenvalue weighted by Gasteiger charge is -2.23. The molecule has 0 amide bonds. The molecule has 0 aliphatic rings. The van der Waals surface area contributed by atoms with Crippen LogP contribution in [0.1, 0.15) is 39.2 Å². The van der Waals surface area contributed by atoms with Gasteiger partial charge < -0.3 is 15.2 Å². The molecule has 0 aliphatic heterocycles. The summed E-state index contributed by atoms with van der Waals surface area (Å²) in [6, 6.07) is 8.04. The second kappa shape index (κ2) is 7.39. The molecule has 0 aromatic heterocycles. The monoisotopic (exact) mass is 251 g/mol. The van der Waals surface area contributed by atoms with Crippen LogP contribution in [-0.2, 0) is 6.54 Å². The maximum atomic E-state index is 10.0. The minimum absolute atomic E-state index is 0.611. The Kier molecular flexibility index (Phi) is 6.16. The third kappa shape index (κ3) is 5.52. The lowest BCUT2D eigenvalue weighted by atomic mass is 10.0. The lowest BCUT2D eigenvalue weighted by Crippen LogP contribution is -2.37. The van der Waals surface area contributed by atoms with Crippen molar-refractivity contribution in [3.8, 4) is 5.75 Å². The first-order chi connectivity index (χ1) is 8.57. The Hall–Kier alpha value is -1.06. The van der Waals surface area contributed by atoms with E-state index in [2.05, 4.69) is 18.3 Å². The first-order valence-electron chi connectivity index (χ1n) is 6.72. The van der Waals surface area contributed by atoms with E-state index in [1.54, 1.807) is 0 Å². The van der Waals surface area contributed by atoms with Gasteiger partial charge in [-0.1, -0.05) is 25.5 Å². The van der Waals surface area contributed by atoms with Crippen molar-refractivity contribution in [3.05, 3.63) is 29.8 Å². The van der Waals surface area contributed by atoms with Crippen LogP contribution in [0.15, 0.2) is 24.3 Å². The van der Waals surface area contributed by atoms with Gasteiger partial charge >= 0.3 is 0 Å². The second-order valence-corrected chi connectivity index (χ2v) is 4.93. The summed E-state index contributed by atoms with van der Waals surface area (Å²) in [5.41, 5.74) is 0.556. The van der Waals surface area contributed by atoms with Gasteiger partial charge in [0, 0.05) is 13.1 Å². The predicted octanol–water partition coefficient (Wildman–Crippen LogP) is 2.73. The summed E-state index contributed by atoms with van der Waals surface area (Å²) in [7, 11) is 0. The smallest absolute Gasteiger partial charge is 0.119 e. The number of ether oxygens (including phenoxy) is 1. The summed E-state index contributed by atoms with van der Waals surface area (Å²) >= 11 is 0. The quantitative estimate of drug-likeness (QED) is 0.746. The minimum atomic E-state index is -0.619. The molecular weight excluding hydrogens is 226 g/mol. The first-order valence-corrected chi connectivity index (χ1v) is 6.72. The lowest BCUT2D eigenvalue weighted by molar-refractivity contribution is 0.0498. The van der Waals surface area contributed by atoms with Crippen LogP contribution in [0.2, 0.25) is 0 Å². The number of aliphatic hydroxyl groups is 1. The fourth-order valence-electron chi connectivity index (χ4n) is 2.01. The van der Waals surface area contributed by atoms with E-state index < -0.39 is 5.60 Å². The van der Waals surface area contributed by atoms with Gasteiger partial charge in [-0.05, 0) is 38.0 Å². The normalized spacial score (nSPS) is 14.2. The van der Waals surface area contributed by atoms with Gasteiger partial charge in [-0.15, -0.1) is 0 Å². The van der Waals surface area contributed by atoms with Crippen LogP contribution in [-0.4, -0.2) is 23.9 Å². The molecule has 0 saturated carbocycles. The Labute approximate surface area is 110 Å². The molecule has 0 aliphatic carbocycles. The maximum absolute atomic E-state index is 10.0. The van der Waals surface area contributed by atoms with Crippen molar-refractivity contribution in [2.75, 3.05) is 13.2 Å². The molecule has 0 spiro atoms. The number of nitrogens with one attached hydrogen (secondary N) is 1. The minimum Gasteiger partial charge on any atom is -0.494 e. The van der Waals surface area contributed by atoms with Gasteiger partial charge in [-0.2, -0.15) is 0 Å². The van der Waals surface area contributed by atoms with Crippen molar-refractivity contribution in [1.82, 2.24) is 5.32 Å². The van der Waals surface area contributed by atoms with Crippen LogP contribution < -0.4 is 10.1 Å². The van der Waals surface area contributed by atoms with Crippen molar-refractivity contribution in [3.63, 3.8) is 0 Å². The summed E-state index contributed by atoms with van der Waals surface area (Å²) in [6.07, 6.45) is 1.81. The number of benzene rings is 1. The van der Waals surface area contributed by atoms with E-state index in [1.807, 2.05) is 32.0 Å². The fraction of sp³-hybridized carbons (Fsp3) is 0.600. The summed E-state index contributed by atoms with van der Waals surface area (Å²) in [4.78, 5) is 0. The molecule has 2 N–H and O–H groups in total. The van der Waals surface area contributed by atoms with Gasteiger partial charge in [-0.3, -0.25) is 0 Å². The molecule has 1 rings (SSSR count). The zero-order chi connectivity index (χ0) is 13.4. The van der Waals surface area contributed by atoms with Crippen molar-refractivity contribution in [2.45, 2.75) is 45.8 Å². The van der Waals surface area contributed by atoms with E-state index in [4.69, 9.17) is 4.74 Å². The number of hydrogen-bond acceptors (Lipinski definition) is 3. The third-order valence-electron chi connectivity index (χ3n) is 2.83. The topological polar surface area (TPSA) is 41.5 Å². The highest BCUT2D eigenvalue weighted by atomic mass is 16.5. The summed E-state index contributed by atoms with van der Waals surface area (Å²) in [5, 5.41) is 13.3. The third-order valence-corrected chi connectivity index (χ3v) is 2.83. The molecule has 18 heavy (non-hydrogen) atoms. The SMILES string of the molecule is CCCC(C)(O)CNCc1cccc(OCC)c1. The average Bonchev–Trinajstić information content (AvgIpc) is 2.29. The number of hydrogen-bond donors (Lipinski definition) is 2. The van der Waals surface area contributed by atoms with Crippen molar-refractivity contribution >= 4 is 0 Å². The molecule has 0 saturated heterocycles. The van der Waals surface area contributed by atoms with Crippen LogP contribution in [0.3, 0.4) is 0 Å². The second-order valence-electron chi connectivity index (χ2n) is 4.93. The van der Waals surface area contributed by atoms with Gasteiger partial charge in [0.05, 0.1) is 12.2 Å². The molecule has 0 heterocycles. The Morgan fingerprint density at radius 2 is 2.11 bits per heavy atom. The summed E-state index contributed by atoms with van der Waals surface area (Å²) in [6.45, 7) is 7.98. The molecule has 1 unspecified atom stereocenters. The highest BCUT2D eigenvalue weighted by Crippen LogP contribution is 2.14. The Balaban J connectivity index is 2.41. The average molecular weight is 251 g/mol. The molecule has 102 valence electrons. The predicted molar refractivity (Wildman–Crippen MR) is 74.8 cm³/mol. The van der Waals surface area contributed by atoms with E-state index in [9.17, 15) is 5.11 Å². The highest BCUT2D eigenvalue weighted by Gasteiger charge is 2.17. The first kappa shape index (κ1) is 15.0. The molecule has 0 bridgehead atoms. The zero-order valence-corrected chi connectivity index (χ0v) is 11.7. The van der Waals surface area contributed by atoms with E-state index in [1.165, 1.54) is 5.56 Å². The van der Waals surface area contributed by atoms with Crippen LogP contribution in [0.5, 0.6) is 5.75 Å². The molecule has 1 aromatic rings. The summed E-state index contributed by atoms with van der Waals surface area (Å²) < 4.78 is 5.46. The van der Waals surface area contributed by atoms with E-state index in [0.29, 0.717) is 13.2 Å². The van der Waals surface area contributed by atoms with Gasteiger partial charge in [0.25, 0.3) is 0 Å². The van der Waals surface area contributed by atoms with Crippen LogP contribution >= 0.6 is 0 Å². The molecule has 3 heteroatoms. The van der Waals surface area contributed by atoms with E-state index in [-0.39, 0.29) is 0 Å². The Bertz CT molecular complexity index is 350. The van der Waals surface area contributed by atoms with Crippen LogP contribution in [0.25, 0.3) is 0 Å². The fourth-order valence-corrected chi connectivity index (χ4v) is 2.01. The van der Waals surface area contributed by atoms with Crippen molar-refractivity contribution < 1.29 is 9.84 Å².